The minimum absolute atomic E-state index is 0.289. The summed E-state index contributed by atoms with van der Waals surface area (Å²) in [6.07, 6.45) is -9.95. The molecule has 0 fully saturated rings. The van der Waals surface area contributed by atoms with Crippen LogP contribution in [0, 0.1) is 0 Å². The van der Waals surface area contributed by atoms with Gasteiger partial charge in [-0.1, -0.05) is 24.3 Å². The van der Waals surface area contributed by atoms with Crippen LogP contribution in [-0.2, 0) is 23.6 Å². The van der Waals surface area contributed by atoms with E-state index in [2.05, 4.69) is 5.32 Å². The Morgan fingerprint density at radius 2 is 1.57 bits per heavy atom. The van der Waals surface area contributed by atoms with Crippen molar-refractivity contribution in [3.63, 3.8) is 0 Å². The largest absolute Gasteiger partial charge is 0.416 e. The van der Waals surface area contributed by atoms with E-state index in [0.29, 0.717) is 6.07 Å². The number of carbonyl (C=O) groups excluding carboxylic acids is 2. The predicted molar refractivity (Wildman–Crippen MR) is 87.0 cm³/mol. The minimum atomic E-state index is -4.69. The topological polar surface area (TPSA) is 72.2 Å². The van der Waals surface area contributed by atoms with Crippen molar-refractivity contribution in [1.29, 1.82) is 0 Å². The van der Waals surface area contributed by atoms with Crippen molar-refractivity contribution in [2.24, 2.45) is 5.73 Å². The molecule has 2 aromatic rings. The summed E-state index contributed by atoms with van der Waals surface area (Å²) in [6.45, 7) is 0. The van der Waals surface area contributed by atoms with E-state index in [0.717, 1.165) is 36.4 Å². The van der Waals surface area contributed by atoms with Crippen molar-refractivity contribution in [2.75, 3.05) is 0 Å². The lowest BCUT2D eigenvalue weighted by Crippen LogP contribution is -2.46. The Kier molecular flexibility index (Phi) is 6.01. The second-order valence-electron chi connectivity index (χ2n) is 5.87. The minimum Gasteiger partial charge on any atom is -0.368 e. The lowest BCUT2D eigenvalue weighted by molar-refractivity contribution is -0.138. The summed E-state index contributed by atoms with van der Waals surface area (Å²) in [7, 11) is 0. The number of amides is 2. The highest BCUT2D eigenvalue weighted by Crippen LogP contribution is 2.32. The number of primary amides is 1. The number of halogens is 6. The number of hydrogen-bond donors (Lipinski definition) is 2. The Morgan fingerprint density at radius 3 is 2.14 bits per heavy atom. The Balaban J connectivity index is 2.26. The quantitative estimate of drug-likeness (QED) is 0.749. The molecule has 0 bridgehead atoms. The first kappa shape index (κ1) is 21.3. The summed E-state index contributed by atoms with van der Waals surface area (Å²) < 4.78 is 77.5. The molecule has 0 aliphatic rings. The highest BCUT2D eigenvalue weighted by Gasteiger charge is 2.34. The van der Waals surface area contributed by atoms with E-state index in [1.807, 2.05) is 0 Å². The van der Waals surface area contributed by atoms with Crippen LogP contribution < -0.4 is 11.1 Å². The molecule has 0 saturated heterocycles. The molecule has 10 heteroatoms. The normalized spacial score (nSPS) is 13.1. The molecule has 0 heterocycles. The van der Waals surface area contributed by atoms with Gasteiger partial charge in [-0.2, -0.15) is 26.3 Å². The first-order chi connectivity index (χ1) is 12.9. The summed E-state index contributed by atoms with van der Waals surface area (Å²) in [5, 5.41) is 2.09. The van der Waals surface area contributed by atoms with Crippen molar-refractivity contribution in [2.45, 2.75) is 24.8 Å². The SMILES string of the molecule is NC(=O)[C@@H](Cc1ccccc1C(F)(F)F)NC(=O)c1cccc(C(F)(F)F)c1. The molecule has 0 radical (unpaired) electrons. The van der Waals surface area contributed by atoms with Gasteiger partial charge in [-0.25, -0.2) is 0 Å². The number of carbonyl (C=O) groups is 2. The second-order valence-corrected chi connectivity index (χ2v) is 5.87. The molecule has 28 heavy (non-hydrogen) atoms. The van der Waals surface area contributed by atoms with Crippen LogP contribution in [0.3, 0.4) is 0 Å². The Bertz CT molecular complexity index is 877. The predicted octanol–water partition coefficient (Wildman–Crippen LogP) is 3.55. The van der Waals surface area contributed by atoms with Crippen LogP contribution in [0.1, 0.15) is 27.0 Å². The average Bonchev–Trinajstić information content (AvgIpc) is 2.60. The van der Waals surface area contributed by atoms with Crippen LogP contribution in [0.5, 0.6) is 0 Å². The molecule has 0 unspecified atom stereocenters. The third kappa shape index (κ3) is 5.24. The van der Waals surface area contributed by atoms with Crippen molar-refractivity contribution < 1.29 is 35.9 Å². The van der Waals surface area contributed by atoms with Crippen molar-refractivity contribution >= 4 is 11.8 Å². The summed E-state index contributed by atoms with van der Waals surface area (Å²) in [5.74, 6) is -2.20. The lowest BCUT2D eigenvalue weighted by atomic mass is 9.99. The van der Waals surface area contributed by atoms with Crippen molar-refractivity contribution in [3.05, 3.63) is 70.8 Å². The molecule has 0 aromatic heterocycles. The van der Waals surface area contributed by atoms with Crippen molar-refractivity contribution in [3.8, 4) is 0 Å². The Morgan fingerprint density at radius 1 is 0.929 bits per heavy atom. The molecule has 1 atom stereocenters. The van der Waals surface area contributed by atoms with E-state index in [1.54, 1.807) is 0 Å². The summed E-state index contributed by atoms with van der Waals surface area (Å²) in [5.41, 5.74) is 2.36. The molecule has 4 nitrogen and oxygen atoms in total. The Labute approximate surface area is 155 Å². The van der Waals surface area contributed by atoms with Crippen molar-refractivity contribution in [1.82, 2.24) is 5.32 Å². The standard InChI is InChI=1S/C18H14F6N2O2/c19-17(20,21)12-6-3-5-11(8-12)16(28)26-14(15(25)27)9-10-4-1-2-7-13(10)18(22,23)24/h1-8,14H,9H2,(H2,25,27)(H,26,28)/t14-/m1/s1. The van der Waals surface area contributed by atoms with E-state index in [-0.39, 0.29) is 5.56 Å². The van der Waals surface area contributed by atoms with Gasteiger partial charge in [0.05, 0.1) is 11.1 Å². The number of alkyl halides is 6. The van der Waals surface area contributed by atoms with Gasteiger partial charge in [0.25, 0.3) is 5.91 Å². The van der Waals surface area contributed by atoms with E-state index < -0.39 is 53.3 Å². The maximum atomic E-state index is 13.1. The van der Waals surface area contributed by atoms with Gasteiger partial charge in [0.1, 0.15) is 6.04 Å². The van der Waals surface area contributed by atoms with Gasteiger partial charge < -0.3 is 11.1 Å². The summed E-state index contributed by atoms with van der Waals surface area (Å²) in [4.78, 5) is 23.8. The fourth-order valence-electron chi connectivity index (χ4n) is 2.50. The number of benzene rings is 2. The number of nitrogens with two attached hydrogens (primary N) is 1. The first-order valence-corrected chi connectivity index (χ1v) is 7.82. The maximum Gasteiger partial charge on any atom is 0.416 e. The molecule has 150 valence electrons. The Hall–Kier alpha value is -3.04. The van der Waals surface area contributed by atoms with E-state index in [9.17, 15) is 35.9 Å². The molecule has 2 rings (SSSR count). The zero-order chi connectivity index (χ0) is 21.1. The van der Waals surface area contributed by atoms with Crippen LogP contribution in [-0.4, -0.2) is 17.9 Å². The van der Waals surface area contributed by atoms with Gasteiger partial charge in [-0.05, 0) is 29.8 Å². The van der Waals surface area contributed by atoms with Gasteiger partial charge >= 0.3 is 12.4 Å². The summed E-state index contributed by atoms with van der Waals surface area (Å²) in [6, 6.07) is 6.24. The van der Waals surface area contributed by atoms with Gasteiger partial charge in [0.15, 0.2) is 0 Å². The molecule has 3 N–H and O–H groups in total. The van der Waals surface area contributed by atoms with E-state index >= 15 is 0 Å². The smallest absolute Gasteiger partial charge is 0.368 e. The van der Waals surface area contributed by atoms with Crippen LogP contribution >= 0.6 is 0 Å². The van der Waals surface area contributed by atoms with Gasteiger partial charge in [-0.3, -0.25) is 9.59 Å². The molecule has 0 saturated carbocycles. The first-order valence-electron chi connectivity index (χ1n) is 7.82. The lowest BCUT2D eigenvalue weighted by Gasteiger charge is -2.19. The molecule has 0 aliphatic carbocycles. The van der Waals surface area contributed by atoms with Gasteiger partial charge in [0, 0.05) is 12.0 Å². The highest BCUT2D eigenvalue weighted by molar-refractivity contribution is 5.97. The summed E-state index contributed by atoms with van der Waals surface area (Å²) >= 11 is 0. The monoisotopic (exact) mass is 404 g/mol. The third-order valence-electron chi connectivity index (χ3n) is 3.85. The fourth-order valence-corrected chi connectivity index (χ4v) is 2.50. The third-order valence-corrected chi connectivity index (χ3v) is 3.85. The van der Waals surface area contributed by atoms with Gasteiger partial charge in [-0.15, -0.1) is 0 Å². The number of hydrogen-bond acceptors (Lipinski definition) is 2. The van der Waals surface area contributed by atoms with E-state index in [4.69, 9.17) is 5.73 Å². The molecular formula is C18H14F6N2O2. The van der Waals surface area contributed by atoms with Crippen LogP contribution in [0.2, 0.25) is 0 Å². The van der Waals surface area contributed by atoms with Crippen LogP contribution in [0.25, 0.3) is 0 Å². The number of nitrogens with one attached hydrogen (secondary N) is 1. The molecule has 0 aliphatic heterocycles. The zero-order valence-corrected chi connectivity index (χ0v) is 14.1. The van der Waals surface area contributed by atoms with E-state index in [1.165, 1.54) is 6.07 Å². The fraction of sp³-hybridized carbons (Fsp3) is 0.222. The van der Waals surface area contributed by atoms with Gasteiger partial charge in [0.2, 0.25) is 5.91 Å². The van der Waals surface area contributed by atoms with Crippen LogP contribution in [0.15, 0.2) is 48.5 Å². The second kappa shape index (κ2) is 7.91. The molecular weight excluding hydrogens is 390 g/mol. The number of rotatable bonds is 5. The maximum absolute atomic E-state index is 13.1. The molecule has 2 aromatic carbocycles. The molecule has 2 amide bonds. The average molecular weight is 404 g/mol. The molecule has 0 spiro atoms. The van der Waals surface area contributed by atoms with Crippen LogP contribution in [0.4, 0.5) is 26.3 Å². The highest BCUT2D eigenvalue weighted by atomic mass is 19.4. The zero-order valence-electron chi connectivity index (χ0n) is 14.1.